The molecule has 2 aliphatic carbocycles. The molecule has 0 aromatic carbocycles. The summed E-state index contributed by atoms with van der Waals surface area (Å²) in [4.78, 5) is 0. The van der Waals surface area contributed by atoms with Crippen molar-refractivity contribution in [3.63, 3.8) is 0 Å². The molecular formula is C11H15NaOSi. The zero-order valence-electron chi connectivity index (χ0n) is 7.86. The molecule has 0 aromatic heterocycles. The first kappa shape index (κ1) is 12.2. The van der Waals surface area contributed by atoms with Crippen LogP contribution in [0.4, 0.5) is 0 Å². The Kier molecular flexibility index (Phi) is 5.13. The van der Waals surface area contributed by atoms with E-state index >= 15 is 0 Å². The van der Waals surface area contributed by atoms with Gasteiger partial charge < -0.3 is 4.43 Å². The van der Waals surface area contributed by atoms with E-state index in [1.54, 1.807) is 0 Å². The molecule has 0 atom stereocenters. The first-order valence-electron chi connectivity index (χ1n) is 4.66. The zero-order chi connectivity index (χ0) is 9.10. The van der Waals surface area contributed by atoms with E-state index in [0.717, 1.165) is 12.8 Å². The van der Waals surface area contributed by atoms with Gasteiger partial charge in [-0.25, -0.2) is 0 Å². The molecule has 2 rings (SSSR count). The van der Waals surface area contributed by atoms with Gasteiger partial charge in [0.1, 0.15) is 0 Å². The fraction of sp³-hybridized carbons (Fsp3) is 0.273. The standard InChI is InChI=1S/C11H14OSi.Na.H/c1-12-13(10-6-2-3-7-10)11-8-4-5-9-11;;/h2-6,8,13H,7,9H2,1H3;;. The van der Waals surface area contributed by atoms with Gasteiger partial charge in [-0.15, -0.1) is 0 Å². The number of rotatable bonds is 3. The maximum absolute atomic E-state index is 5.64. The van der Waals surface area contributed by atoms with Crippen molar-refractivity contribution in [2.75, 3.05) is 7.11 Å². The maximum atomic E-state index is 5.64. The van der Waals surface area contributed by atoms with Crippen LogP contribution >= 0.6 is 0 Å². The third kappa shape index (κ3) is 2.58. The molecule has 1 nitrogen and oxygen atoms in total. The van der Waals surface area contributed by atoms with Crippen LogP contribution in [-0.2, 0) is 4.43 Å². The molecule has 0 aliphatic heterocycles. The third-order valence-corrected chi connectivity index (χ3v) is 5.18. The quantitative estimate of drug-likeness (QED) is 0.648. The van der Waals surface area contributed by atoms with Gasteiger partial charge in [0, 0.05) is 7.11 Å². The van der Waals surface area contributed by atoms with Crippen molar-refractivity contribution in [3.05, 3.63) is 46.8 Å². The molecule has 2 aliphatic rings. The minimum atomic E-state index is -1.22. The first-order chi connectivity index (χ1) is 6.42. The summed E-state index contributed by atoms with van der Waals surface area (Å²) < 4.78 is 5.64. The van der Waals surface area contributed by atoms with Gasteiger partial charge in [-0.2, -0.15) is 0 Å². The molecule has 0 heterocycles. The Hall–Kier alpha value is 0.137. The molecule has 0 saturated carbocycles. The molecule has 0 spiro atoms. The first-order valence-corrected chi connectivity index (χ1v) is 6.28. The van der Waals surface area contributed by atoms with Crippen LogP contribution in [0.25, 0.3) is 0 Å². The van der Waals surface area contributed by atoms with Crippen molar-refractivity contribution in [2.24, 2.45) is 0 Å². The van der Waals surface area contributed by atoms with Crippen LogP contribution in [0.5, 0.6) is 0 Å². The average Bonchev–Trinajstić information content (AvgIpc) is 2.76. The Morgan fingerprint density at radius 1 is 1.07 bits per heavy atom. The molecule has 0 N–H and O–H groups in total. The van der Waals surface area contributed by atoms with Crippen LogP contribution in [0.1, 0.15) is 12.8 Å². The van der Waals surface area contributed by atoms with Crippen LogP contribution in [0.3, 0.4) is 0 Å². The van der Waals surface area contributed by atoms with Crippen LogP contribution in [0.2, 0.25) is 0 Å². The van der Waals surface area contributed by atoms with Crippen molar-refractivity contribution in [1.82, 2.24) is 0 Å². The minimum absolute atomic E-state index is 0. The summed E-state index contributed by atoms with van der Waals surface area (Å²) in [7, 11) is 0.622. The van der Waals surface area contributed by atoms with Gasteiger partial charge in [-0.3, -0.25) is 0 Å². The van der Waals surface area contributed by atoms with E-state index in [-0.39, 0.29) is 29.6 Å². The summed E-state index contributed by atoms with van der Waals surface area (Å²) in [6, 6.07) is 0. The van der Waals surface area contributed by atoms with Crippen molar-refractivity contribution in [3.8, 4) is 0 Å². The van der Waals surface area contributed by atoms with Gasteiger partial charge in [-0.1, -0.05) is 36.5 Å². The SMILES string of the molecule is CO[SiH](C1=CC=CC1)C1=CC=CC1.[NaH]. The Morgan fingerprint density at radius 3 is 1.86 bits per heavy atom. The molecule has 0 unspecified atom stereocenters. The van der Waals surface area contributed by atoms with E-state index in [1.165, 1.54) is 10.4 Å². The monoisotopic (exact) mass is 214 g/mol. The van der Waals surface area contributed by atoms with Gasteiger partial charge in [0.15, 0.2) is 0 Å². The molecule has 0 fully saturated rings. The number of hydrogen-bond acceptors (Lipinski definition) is 1. The fourth-order valence-electron chi connectivity index (χ4n) is 1.86. The summed E-state index contributed by atoms with van der Waals surface area (Å²) in [5.41, 5.74) is 0. The molecule has 3 heteroatoms. The molecule has 0 aromatic rings. The summed E-state index contributed by atoms with van der Waals surface area (Å²) in [5.74, 6) is 0. The normalized spacial score (nSPS) is 18.4. The van der Waals surface area contributed by atoms with E-state index in [1.807, 2.05) is 7.11 Å². The van der Waals surface area contributed by atoms with Gasteiger partial charge in [0.2, 0.25) is 9.04 Å². The second-order valence-corrected chi connectivity index (χ2v) is 6.08. The molecule has 0 radical (unpaired) electrons. The summed E-state index contributed by atoms with van der Waals surface area (Å²) in [6.07, 6.45) is 15.3. The Bertz CT molecular complexity index is 285. The van der Waals surface area contributed by atoms with Gasteiger partial charge in [-0.05, 0) is 23.2 Å². The summed E-state index contributed by atoms with van der Waals surface area (Å²) in [6.45, 7) is 0. The van der Waals surface area contributed by atoms with Crippen LogP contribution in [-0.4, -0.2) is 45.7 Å². The predicted octanol–water partition coefficient (Wildman–Crippen LogP) is 1.56. The van der Waals surface area contributed by atoms with Crippen molar-refractivity contribution in [2.45, 2.75) is 12.8 Å². The molecular weight excluding hydrogens is 199 g/mol. The number of hydrogen-bond donors (Lipinski definition) is 0. The van der Waals surface area contributed by atoms with E-state index in [0.29, 0.717) is 0 Å². The van der Waals surface area contributed by atoms with Crippen molar-refractivity contribution < 1.29 is 4.43 Å². The zero-order valence-corrected chi connectivity index (χ0v) is 9.02. The van der Waals surface area contributed by atoms with Crippen molar-refractivity contribution in [1.29, 1.82) is 0 Å². The topological polar surface area (TPSA) is 9.23 Å². The second kappa shape index (κ2) is 5.88. The van der Waals surface area contributed by atoms with Gasteiger partial charge in [0.25, 0.3) is 0 Å². The van der Waals surface area contributed by atoms with Gasteiger partial charge >= 0.3 is 29.6 Å². The van der Waals surface area contributed by atoms with E-state index in [4.69, 9.17) is 4.43 Å². The molecule has 0 bridgehead atoms. The average molecular weight is 214 g/mol. The molecule has 70 valence electrons. The van der Waals surface area contributed by atoms with E-state index < -0.39 is 9.04 Å². The Morgan fingerprint density at radius 2 is 1.57 bits per heavy atom. The Labute approximate surface area is 109 Å². The summed E-state index contributed by atoms with van der Waals surface area (Å²) >= 11 is 0. The second-order valence-electron chi connectivity index (χ2n) is 3.36. The van der Waals surface area contributed by atoms with Crippen molar-refractivity contribution >= 4 is 38.6 Å². The third-order valence-electron chi connectivity index (χ3n) is 2.51. The van der Waals surface area contributed by atoms with E-state index in [2.05, 4.69) is 36.5 Å². The molecule has 14 heavy (non-hydrogen) atoms. The summed E-state index contributed by atoms with van der Waals surface area (Å²) in [5, 5.41) is 3.02. The predicted molar refractivity (Wildman–Crippen MR) is 65.0 cm³/mol. The Balaban J connectivity index is 0.000000980. The van der Waals surface area contributed by atoms with Crippen LogP contribution in [0, 0.1) is 0 Å². The van der Waals surface area contributed by atoms with Crippen LogP contribution < -0.4 is 0 Å². The van der Waals surface area contributed by atoms with Gasteiger partial charge in [0.05, 0.1) is 0 Å². The molecule has 0 saturated heterocycles. The molecule has 0 amide bonds. The fourth-order valence-corrected chi connectivity index (χ4v) is 4.21. The number of allylic oxidation sites excluding steroid dienone is 8. The van der Waals surface area contributed by atoms with Crippen LogP contribution in [0.15, 0.2) is 46.8 Å². The van der Waals surface area contributed by atoms with E-state index in [9.17, 15) is 0 Å².